The summed E-state index contributed by atoms with van der Waals surface area (Å²) in [6, 6.07) is 10.3. The molecular weight excluding hydrogens is 286 g/mol. The van der Waals surface area contributed by atoms with Crippen LogP contribution in [0.25, 0.3) is 0 Å². The van der Waals surface area contributed by atoms with Crippen LogP contribution in [0.3, 0.4) is 0 Å². The van der Waals surface area contributed by atoms with Crippen molar-refractivity contribution in [2.24, 2.45) is 11.8 Å². The molecule has 1 amide bonds. The van der Waals surface area contributed by atoms with E-state index in [1.165, 1.54) is 18.4 Å². The van der Waals surface area contributed by atoms with Gasteiger partial charge in [0.25, 0.3) is 0 Å². The van der Waals surface area contributed by atoms with Crippen molar-refractivity contribution in [2.45, 2.75) is 32.2 Å². The van der Waals surface area contributed by atoms with Crippen LogP contribution in [0.5, 0.6) is 0 Å². The quantitative estimate of drug-likeness (QED) is 0.812. The highest BCUT2D eigenvalue weighted by Crippen LogP contribution is 2.24. The van der Waals surface area contributed by atoms with Crippen LogP contribution in [0.15, 0.2) is 30.3 Å². The topological polar surface area (TPSA) is 44.4 Å². The first-order valence-corrected chi connectivity index (χ1v) is 8.76. The average molecular weight is 317 g/mol. The standard InChI is InChI=1S/C19H31N3O/c1-15(16-9-11-20-12-10-16)13-19(23)21-18(14-22(2)3)17-7-5-4-6-8-17/h4-8,15-16,18,20H,9-14H2,1-3H3,(H,21,23). The van der Waals surface area contributed by atoms with Crippen LogP contribution in [0.4, 0.5) is 0 Å². The SMILES string of the molecule is CC(CC(=O)NC(CN(C)C)c1ccccc1)C1CCNCC1. The van der Waals surface area contributed by atoms with Gasteiger partial charge >= 0.3 is 0 Å². The number of nitrogens with zero attached hydrogens (tertiary/aromatic N) is 1. The monoisotopic (exact) mass is 317 g/mol. The van der Waals surface area contributed by atoms with Crippen molar-refractivity contribution in [1.82, 2.24) is 15.5 Å². The number of carbonyl (C=O) groups is 1. The number of rotatable bonds is 7. The van der Waals surface area contributed by atoms with Gasteiger partial charge in [-0.2, -0.15) is 0 Å². The van der Waals surface area contributed by atoms with E-state index in [2.05, 4.69) is 34.6 Å². The van der Waals surface area contributed by atoms with Gasteiger partial charge in [-0.1, -0.05) is 37.3 Å². The molecule has 1 aliphatic heterocycles. The number of amides is 1. The van der Waals surface area contributed by atoms with Crippen LogP contribution in [-0.4, -0.2) is 44.5 Å². The Bertz CT molecular complexity index is 469. The molecule has 2 atom stereocenters. The van der Waals surface area contributed by atoms with Crippen molar-refractivity contribution >= 4 is 5.91 Å². The van der Waals surface area contributed by atoms with Gasteiger partial charge < -0.3 is 15.5 Å². The molecule has 1 aliphatic rings. The lowest BCUT2D eigenvalue weighted by Crippen LogP contribution is -2.37. The maximum absolute atomic E-state index is 12.5. The molecule has 128 valence electrons. The van der Waals surface area contributed by atoms with E-state index in [4.69, 9.17) is 0 Å². The molecule has 0 aromatic heterocycles. The average Bonchev–Trinajstić information content (AvgIpc) is 2.55. The first-order valence-electron chi connectivity index (χ1n) is 8.76. The predicted molar refractivity (Wildman–Crippen MR) is 95.3 cm³/mol. The van der Waals surface area contributed by atoms with Crippen LogP contribution >= 0.6 is 0 Å². The Hall–Kier alpha value is -1.39. The molecule has 0 bridgehead atoms. The van der Waals surface area contributed by atoms with Gasteiger partial charge in [0.05, 0.1) is 6.04 Å². The maximum atomic E-state index is 12.5. The number of nitrogens with one attached hydrogen (secondary N) is 2. The largest absolute Gasteiger partial charge is 0.348 e. The van der Waals surface area contributed by atoms with E-state index >= 15 is 0 Å². The third kappa shape index (κ3) is 5.96. The number of benzene rings is 1. The molecule has 2 N–H and O–H groups in total. The number of piperidine rings is 1. The van der Waals surface area contributed by atoms with Gasteiger partial charge in [-0.05, 0) is 57.4 Å². The minimum atomic E-state index is 0.0546. The van der Waals surface area contributed by atoms with E-state index in [9.17, 15) is 4.79 Å². The summed E-state index contributed by atoms with van der Waals surface area (Å²) in [4.78, 5) is 14.6. The molecule has 1 aromatic carbocycles. The first-order chi connectivity index (χ1) is 11.1. The zero-order valence-corrected chi connectivity index (χ0v) is 14.7. The first kappa shape index (κ1) is 18.0. The number of likely N-dealkylation sites (N-methyl/N-ethyl adjacent to an activating group) is 1. The fraction of sp³-hybridized carbons (Fsp3) is 0.632. The van der Waals surface area contributed by atoms with E-state index in [1.807, 2.05) is 32.3 Å². The number of carbonyl (C=O) groups excluding carboxylic acids is 1. The van der Waals surface area contributed by atoms with E-state index in [0.717, 1.165) is 19.6 Å². The molecule has 0 spiro atoms. The fourth-order valence-electron chi connectivity index (χ4n) is 3.41. The molecule has 2 unspecified atom stereocenters. The molecule has 1 fully saturated rings. The molecule has 23 heavy (non-hydrogen) atoms. The number of hydrogen-bond donors (Lipinski definition) is 2. The summed E-state index contributed by atoms with van der Waals surface area (Å²) >= 11 is 0. The smallest absolute Gasteiger partial charge is 0.220 e. The zero-order valence-electron chi connectivity index (χ0n) is 14.7. The summed E-state index contributed by atoms with van der Waals surface area (Å²) in [6.07, 6.45) is 3.00. The van der Waals surface area contributed by atoms with Crippen LogP contribution in [0, 0.1) is 11.8 Å². The summed E-state index contributed by atoms with van der Waals surface area (Å²) < 4.78 is 0. The molecule has 1 heterocycles. The molecule has 4 heteroatoms. The Morgan fingerprint density at radius 1 is 1.26 bits per heavy atom. The summed E-state index contributed by atoms with van der Waals surface area (Å²) in [7, 11) is 4.08. The van der Waals surface area contributed by atoms with E-state index in [0.29, 0.717) is 18.3 Å². The molecule has 1 saturated heterocycles. The summed E-state index contributed by atoms with van der Waals surface area (Å²) in [6.45, 7) is 5.21. The Labute approximate surface area is 140 Å². The Balaban J connectivity index is 1.91. The van der Waals surface area contributed by atoms with Gasteiger partial charge in [0.15, 0.2) is 0 Å². The maximum Gasteiger partial charge on any atom is 0.220 e. The predicted octanol–water partition coefficient (Wildman–Crippen LogP) is 2.43. The second-order valence-electron chi connectivity index (χ2n) is 7.06. The Kier molecular flexibility index (Phi) is 7.06. The van der Waals surface area contributed by atoms with Crippen molar-refractivity contribution < 1.29 is 4.79 Å². The Morgan fingerprint density at radius 2 is 1.91 bits per heavy atom. The van der Waals surface area contributed by atoms with Gasteiger partial charge in [-0.25, -0.2) is 0 Å². The van der Waals surface area contributed by atoms with Crippen molar-refractivity contribution in [2.75, 3.05) is 33.7 Å². The third-order valence-corrected chi connectivity index (χ3v) is 4.78. The molecule has 0 saturated carbocycles. The van der Waals surface area contributed by atoms with Crippen LogP contribution in [0.2, 0.25) is 0 Å². The van der Waals surface area contributed by atoms with Crippen LogP contribution in [-0.2, 0) is 4.79 Å². The van der Waals surface area contributed by atoms with Crippen molar-refractivity contribution in [3.63, 3.8) is 0 Å². The van der Waals surface area contributed by atoms with Crippen LogP contribution in [0.1, 0.15) is 37.8 Å². The van der Waals surface area contributed by atoms with Gasteiger partial charge in [0.2, 0.25) is 5.91 Å². The molecule has 0 radical (unpaired) electrons. The van der Waals surface area contributed by atoms with Gasteiger partial charge in [0, 0.05) is 13.0 Å². The highest BCUT2D eigenvalue weighted by Gasteiger charge is 2.23. The van der Waals surface area contributed by atoms with Crippen molar-refractivity contribution in [3.05, 3.63) is 35.9 Å². The second-order valence-corrected chi connectivity index (χ2v) is 7.06. The fourth-order valence-corrected chi connectivity index (χ4v) is 3.41. The zero-order chi connectivity index (χ0) is 16.7. The van der Waals surface area contributed by atoms with Gasteiger partial charge in [0.1, 0.15) is 0 Å². The molecule has 0 aliphatic carbocycles. The minimum absolute atomic E-state index is 0.0546. The highest BCUT2D eigenvalue weighted by atomic mass is 16.1. The summed E-state index contributed by atoms with van der Waals surface area (Å²) in [5.74, 6) is 1.30. The molecule has 4 nitrogen and oxygen atoms in total. The van der Waals surface area contributed by atoms with E-state index < -0.39 is 0 Å². The van der Waals surface area contributed by atoms with Crippen LogP contribution < -0.4 is 10.6 Å². The van der Waals surface area contributed by atoms with E-state index in [1.54, 1.807) is 0 Å². The van der Waals surface area contributed by atoms with Crippen molar-refractivity contribution in [3.8, 4) is 0 Å². The number of hydrogen-bond acceptors (Lipinski definition) is 3. The Morgan fingerprint density at radius 3 is 2.52 bits per heavy atom. The van der Waals surface area contributed by atoms with Gasteiger partial charge in [-0.15, -0.1) is 0 Å². The lowest BCUT2D eigenvalue weighted by Gasteiger charge is -2.29. The molecule has 1 aromatic rings. The highest BCUT2D eigenvalue weighted by molar-refractivity contribution is 5.76. The minimum Gasteiger partial charge on any atom is -0.348 e. The van der Waals surface area contributed by atoms with Gasteiger partial charge in [-0.3, -0.25) is 4.79 Å². The lowest BCUT2D eigenvalue weighted by atomic mass is 9.84. The third-order valence-electron chi connectivity index (χ3n) is 4.78. The lowest BCUT2D eigenvalue weighted by molar-refractivity contribution is -0.123. The summed E-state index contributed by atoms with van der Waals surface area (Å²) in [5, 5.41) is 6.63. The molecular formula is C19H31N3O. The van der Waals surface area contributed by atoms with Crippen molar-refractivity contribution in [1.29, 1.82) is 0 Å². The molecule has 2 rings (SSSR count). The summed E-state index contributed by atoms with van der Waals surface area (Å²) in [5.41, 5.74) is 1.17. The normalized spacial score (nSPS) is 18.6. The second kappa shape index (κ2) is 9.04. The van der Waals surface area contributed by atoms with E-state index in [-0.39, 0.29) is 11.9 Å².